The van der Waals surface area contributed by atoms with Gasteiger partial charge in [0.25, 0.3) is 10.2 Å². The Labute approximate surface area is 104 Å². The summed E-state index contributed by atoms with van der Waals surface area (Å²) in [5, 5.41) is 3.26. The van der Waals surface area contributed by atoms with Gasteiger partial charge in [-0.1, -0.05) is 6.42 Å². The highest BCUT2D eigenvalue weighted by molar-refractivity contribution is 7.86. The van der Waals surface area contributed by atoms with E-state index < -0.39 is 10.2 Å². The quantitative estimate of drug-likeness (QED) is 0.783. The molecule has 5 nitrogen and oxygen atoms in total. The molecule has 2 heterocycles. The van der Waals surface area contributed by atoms with Gasteiger partial charge in [-0.2, -0.15) is 17.0 Å². The van der Waals surface area contributed by atoms with Crippen LogP contribution in [0, 0.1) is 0 Å². The Morgan fingerprint density at radius 2 is 1.71 bits per heavy atom. The van der Waals surface area contributed by atoms with Crippen LogP contribution in [0.5, 0.6) is 0 Å². The molecule has 17 heavy (non-hydrogen) atoms. The molecule has 2 aliphatic rings. The second-order valence-corrected chi connectivity index (χ2v) is 7.38. The topological polar surface area (TPSA) is 52.7 Å². The highest BCUT2D eigenvalue weighted by atomic mass is 32.2. The number of rotatable bonds is 2. The van der Waals surface area contributed by atoms with E-state index in [0.717, 1.165) is 32.4 Å². The van der Waals surface area contributed by atoms with E-state index in [2.05, 4.69) is 5.32 Å². The summed E-state index contributed by atoms with van der Waals surface area (Å²) in [5.74, 6) is 0. The minimum absolute atomic E-state index is 0.325. The molecular weight excluding hydrogens is 238 g/mol. The third kappa shape index (κ3) is 2.65. The Hall–Kier alpha value is -0.170. The molecule has 0 aromatic rings. The van der Waals surface area contributed by atoms with Crippen molar-refractivity contribution in [2.75, 3.05) is 32.7 Å². The maximum Gasteiger partial charge on any atom is 0.282 e. The van der Waals surface area contributed by atoms with E-state index >= 15 is 0 Å². The van der Waals surface area contributed by atoms with Crippen molar-refractivity contribution in [3.63, 3.8) is 0 Å². The van der Waals surface area contributed by atoms with Crippen molar-refractivity contribution in [2.45, 2.75) is 38.6 Å². The Morgan fingerprint density at radius 1 is 1.06 bits per heavy atom. The third-order valence-electron chi connectivity index (χ3n) is 3.64. The fraction of sp³-hybridized carbons (Fsp3) is 1.00. The third-order valence-corrected chi connectivity index (χ3v) is 5.90. The van der Waals surface area contributed by atoms with Gasteiger partial charge in [0.05, 0.1) is 0 Å². The number of hydrogen-bond acceptors (Lipinski definition) is 3. The largest absolute Gasteiger partial charge is 0.314 e. The van der Waals surface area contributed by atoms with Crippen molar-refractivity contribution >= 4 is 10.2 Å². The van der Waals surface area contributed by atoms with E-state index in [-0.39, 0.29) is 5.54 Å². The van der Waals surface area contributed by atoms with Crippen LogP contribution in [0.1, 0.15) is 33.1 Å². The zero-order chi connectivity index (χ0) is 12.5. The van der Waals surface area contributed by atoms with Gasteiger partial charge in [0.15, 0.2) is 0 Å². The molecule has 0 saturated carbocycles. The van der Waals surface area contributed by atoms with Gasteiger partial charge in [-0.05, 0) is 26.7 Å². The first-order valence-electron chi connectivity index (χ1n) is 6.43. The van der Waals surface area contributed by atoms with Crippen LogP contribution in [-0.2, 0) is 10.2 Å². The lowest BCUT2D eigenvalue weighted by Crippen LogP contribution is -2.62. The number of hydrogen-bond donors (Lipinski definition) is 1. The molecule has 2 fully saturated rings. The second kappa shape index (κ2) is 4.84. The minimum atomic E-state index is -3.27. The summed E-state index contributed by atoms with van der Waals surface area (Å²) in [4.78, 5) is 0. The molecule has 0 atom stereocenters. The molecule has 0 aliphatic carbocycles. The number of nitrogens with zero attached hydrogens (tertiary/aromatic N) is 2. The number of nitrogens with one attached hydrogen (secondary N) is 1. The summed E-state index contributed by atoms with van der Waals surface area (Å²) in [7, 11) is -3.27. The lowest BCUT2D eigenvalue weighted by atomic mass is 10.0. The van der Waals surface area contributed by atoms with Gasteiger partial charge >= 0.3 is 0 Å². The van der Waals surface area contributed by atoms with Crippen LogP contribution in [0.2, 0.25) is 0 Å². The fourth-order valence-electron chi connectivity index (χ4n) is 2.63. The van der Waals surface area contributed by atoms with Crippen molar-refractivity contribution in [3.05, 3.63) is 0 Å². The summed E-state index contributed by atoms with van der Waals surface area (Å²) in [5.41, 5.74) is -0.325. The molecule has 1 N–H and O–H groups in total. The van der Waals surface area contributed by atoms with Crippen LogP contribution in [-0.4, -0.2) is 55.3 Å². The van der Waals surface area contributed by atoms with Crippen LogP contribution in [0.15, 0.2) is 0 Å². The predicted molar refractivity (Wildman–Crippen MR) is 68.0 cm³/mol. The molecule has 6 heteroatoms. The number of piperazine rings is 1. The van der Waals surface area contributed by atoms with Crippen LogP contribution in [0.3, 0.4) is 0 Å². The van der Waals surface area contributed by atoms with Gasteiger partial charge in [0.2, 0.25) is 0 Å². The van der Waals surface area contributed by atoms with Crippen LogP contribution < -0.4 is 5.32 Å². The molecule has 2 saturated heterocycles. The van der Waals surface area contributed by atoms with Gasteiger partial charge in [-0.15, -0.1) is 0 Å². The molecule has 100 valence electrons. The maximum absolute atomic E-state index is 12.6. The molecular formula is C11H23N3O2S. The van der Waals surface area contributed by atoms with Crippen LogP contribution >= 0.6 is 0 Å². The van der Waals surface area contributed by atoms with Gasteiger partial charge in [-0.25, -0.2) is 0 Å². The summed E-state index contributed by atoms with van der Waals surface area (Å²) in [6, 6.07) is 0. The zero-order valence-corrected chi connectivity index (χ0v) is 11.6. The molecule has 0 amide bonds. The van der Waals surface area contributed by atoms with Crippen molar-refractivity contribution < 1.29 is 8.42 Å². The highest BCUT2D eigenvalue weighted by Gasteiger charge is 2.41. The normalized spacial score (nSPS) is 28.1. The lowest BCUT2D eigenvalue weighted by Gasteiger charge is -2.44. The van der Waals surface area contributed by atoms with E-state index in [1.807, 2.05) is 13.8 Å². The van der Waals surface area contributed by atoms with Crippen molar-refractivity contribution in [1.29, 1.82) is 0 Å². The SMILES string of the molecule is CC1(C)CNCCN1S(=O)(=O)N1CCCCC1. The predicted octanol–water partition coefficient (Wildman–Crippen LogP) is 0.401. The molecule has 0 bridgehead atoms. The van der Waals surface area contributed by atoms with Crippen molar-refractivity contribution in [1.82, 2.24) is 13.9 Å². The van der Waals surface area contributed by atoms with Gasteiger partial charge in [0.1, 0.15) is 0 Å². The Bertz CT molecular complexity index is 361. The Balaban J connectivity index is 2.18. The van der Waals surface area contributed by atoms with E-state index in [9.17, 15) is 8.42 Å². The molecule has 0 unspecified atom stereocenters. The number of piperidine rings is 1. The fourth-order valence-corrected chi connectivity index (χ4v) is 4.64. The second-order valence-electron chi connectivity index (χ2n) is 5.53. The first-order valence-corrected chi connectivity index (χ1v) is 7.83. The van der Waals surface area contributed by atoms with E-state index in [1.165, 1.54) is 0 Å². The van der Waals surface area contributed by atoms with Crippen molar-refractivity contribution in [3.8, 4) is 0 Å². The molecule has 0 radical (unpaired) electrons. The maximum atomic E-state index is 12.6. The Kier molecular flexibility index (Phi) is 3.77. The van der Waals surface area contributed by atoms with Gasteiger partial charge < -0.3 is 5.32 Å². The highest BCUT2D eigenvalue weighted by Crippen LogP contribution is 2.25. The Morgan fingerprint density at radius 3 is 2.29 bits per heavy atom. The monoisotopic (exact) mass is 261 g/mol. The molecule has 2 rings (SSSR count). The van der Waals surface area contributed by atoms with E-state index in [0.29, 0.717) is 19.6 Å². The van der Waals surface area contributed by atoms with E-state index in [4.69, 9.17) is 0 Å². The summed E-state index contributed by atoms with van der Waals surface area (Å²) >= 11 is 0. The first kappa shape index (κ1) is 13.3. The van der Waals surface area contributed by atoms with E-state index in [1.54, 1.807) is 8.61 Å². The molecule has 0 aromatic carbocycles. The summed E-state index contributed by atoms with van der Waals surface area (Å²) in [6.07, 6.45) is 3.13. The van der Waals surface area contributed by atoms with Crippen LogP contribution in [0.4, 0.5) is 0 Å². The average molecular weight is 261 g/mol. The summed E-state index contributed by atoms with van der Waals surface area (Å²) < 4.78 is 28.5. The van der Waals surface area contributed by atoms with Crippen molar-refractivity contribution in [2.24, 2.45) is 0 Å². The minimum Gasteiger partial charge on any atom is -0.314 e. The molecule has 0 spiro atoms. The smallest absolute Gasteiger partial charge is 0.282 e. The molecule has 0 aromatic heterocycles. The lowest BCUT2D eigenvalue weighted by molar-refractivity contribution is 0.168. The standard InChI is InChI=1S/C11H23N3O2S/c1-11(2)10-12-6-9-14(11)17(15,16)13-7-4-3-5-8-13/h12H,3-10H2,1-2H3. The molecule has 2 aliphatic heterocycles. The average Bonchev–Trinajstić information content (AvgIpc) is 2.29. The van der Waals surface area contributed by atoms with Crippen LogP contribution in [0.25, 0.3) is 0 Å². The van der Waals surface area contributed by atoms with Gasteiger partial charge in [-0.3, -0.25) is 0 Å². The zero-order valence-electron chi connectivity index (χ0n) is 10.8. The first-order chi connectivity index (χ1) is 7.94. The van der Waals surface area contributed by atoms with Gasteiger partial charge in [0, 0.05) is 38.3 Å². The summed E-state index contributed by atoms with van der Waals surface area (Å²) in [6.45, 7) is 7.38.